The molecule has 1 heterocycles. The molecule has 1 aromatic heterocycles. The Kier molecular flexibility index (Phi) is 5.58. The number of rotatable bonds is 5. The summed E-state index contributed by atoms with van der Waals surface area (Å²) in [4.78, 5) is 27.1. The van der Waals surface area contributed by atoms with E-state index in [0.717, 1.165) is 29.5 Å². The number of thiazole rings is 1. The minimum atomic E-state index is -0.772. The van der Waals surface area contributed by atoms with Crippen molar-refractivity contribution < 1.29 is 23.1 Å². The van der Waals surface area contributed by atoms with Gasteiger partial charge in [-0.25, -0.2) is 18.6 Å². The number of halogens is 2. The van der Waals surface area contributed by atoms with Gasteiger partial charge in [0.1, 0.15) is 11.6 Å². The molecule has 0 saturated carbocycles. The van der Waals surface area contributed by atoms with E-state index >= 15 is 0 Å². The highest BCUT2D eigenvalue weighted by molar-refractivity contribution is 7.13. The topological polar surface area (TPSA) is 80.3 Å². The molecule has 0 spiro atoms. The Bertz CT molecular complexity index is 721. The number of esters is 1. The van der Waals surface area contributed by atoms with Crippen molar-refractivity contribution in [1.82, 2.24) is 4.98 Å². The van der Waals surface area contributed by atoms with Crippen molar-refractivity contribution in [3.63, 3.8) is 0 Å². The van der Waals surface area contributed by atoms with Crippen LogP contribution < -0.4 is 10.6 Å². The van der Waals surface area contributed by atoms with Crippen LogP contribution in [0.15, 0.2) is 23.6 Å². The summed E-state index contributed by atoms with van der Waals surface area (Å²) in [7, 11) is 0. The Morgan fingerprint density at radius 2 is 2.09 bits per heavy atom. The number of carbonyl (C=O) groups excluding carboxylic acids is 2. The first kappa shape index (κ1) is 16.8. The van der Waals surface area contributed by atoms with Gasteiger partial charge in [-0.2, -0.15) is 0 Å². The maximum absolute atomic E-state index is 13.4. The molecular weight excluding hydrogens is 328 g/mol. The van der Waals surface area contributed by atoms with Gasteiger partial charge in [-0.05, 0) is 19.1 Å². The Hall–Kier alpha value is -2.55. The van der Waals surface area contributed by atoms with Gasteiger partial charge in [0, 0.05) is 11.4 Å². The second-order valence-electron chi connectivity index (χ2n) is 4.33. The highest BCUT2D eigenvalue weighted by Crippen LogP contribution is 2.18. The van der Waals surface area contributed by atoms with Gasteiger partial charge < -0.3 is 10.1 Å². The fourth-order valence-corrected chi connectivity index (χ4v) is 2.35. The third-order valence-electron chi connectivity index (χ3n) is 2.58. The first-order chi connectivity index (χ1) is 11.0. The SMILES string of the molecule is CCOC(=O)Cc1csc(NC(=O)Nc2cc(F)ccc2F)n1. The van der Waals surface area contributed by atoms with Crippen LogP contribution in [0.4, 0.5) is 24.4 Å². The largest absolute Gasteiger partial charge is 0.466 e. The van der Waals surface area contributed by atoms with Crippen molar-refractivity contribution >= 4 is 34.2 Å². The van der Waals surface area contributed by atoms with E-state index in [2.05, 4.69) is 15.6 Å². The van der Waals surface area contributed by atoms with Gasteiger partial charge >= 0.3 is 12.0 Å². The summed E-state index contributed by atoms with van der Waals surface area (Å²) in [6.45, 7) is 1.97. The van der Waals surface area contributed by atoms with Gasteiger partial charge in [-0.3, -0.25) is 10.1 Å². The standard InChI is InChI=1S/C14H13F2N3O3S/c1-2-22-12(20)6-9-7-23-14(17-9)19-13(21)18-11-5-8(15)3-4-10(11)16/h3-5,7H,2,6H2,1H3,(H2,17,18,19,21). The normalized spacial score (nSPS) is 10.2. The van der Waals surface area contributed by atoms with Crippen LogP contribution >= 0.6 is 11.3 Å². The molecule has 122 valence electrons. The van der Waals surface area contributed by atoms with Gasteiger partial charge in [0.2, 0.25) is 0 Å². The molecular formula is C14H13F2N3O3S. The minimum Gasteiger partial charge on any atom is -0.466 e. The van der Waals surface area contributed by atoms with Crippen LogP contribution in [0.25, 0.3) is 0 Å². The number of benzene rings is 1. The number of hydrogen-bond acceptors (Lipinski definition) is 5. The smallest absolute Gasteiger partial charge is 0.325 e. The number of nitrogens with one attached hydrogen (secondary N) is 2. The van der Waals surface area contributed by atoms with Gasteiger partial charge in [0.25, 0.3) is 0 Å². The lowest BCUT2D eigenvalue weighted by Gasteiger charge is -2.06. The molecule has 2 rings (SSSR count). The average molecular weight is 341 g/mol. The van der Waals surface area contributed by atoms with Crippen LogP contribution in [0.2, 0.25) is 0 Å². The molecule has 23 heavy (non-hydrogen) atoms. The van der Waals surface area contributed by atoms with E-state index in [0.29, 0.717) is 5.69 Å². The first-order valence-electron chi connectivity index (χ1n) is 6.61. The molecule has 0 unspecified atom stereocenters. The van der Waals surface area contributed by atoms with Crippen LogP contribution in [-0.4, -0.2) is 23.6 Å². The van der Waals surface area contributed by atoms with Crippen molar-refractivity contribution in [2.24, 2.45) is 0 Å². The number of nitrogens with zero attached hydrogens (tertiary/aromatic N) is 1. The van der Waals surface area contributed by atoms with Crippen LogP contribution in [-0.2, 0) is 16.0 Å². The lowest BCUT2D eigenvalue weighted by atomic mass is 10.3. The van der Waals surface area contributed by atoms with Gasteiger partial charge in [-0.15, -0.1) is 11.3 Å². The third kappa shape index (κ3) is 4.99. The lowest BCUT2D eigenvalue weighted by molar-refractivity contribution is -0.142. The summed E-state index contributed by atoms with van der Waals surface area (Å²) in [5.41, 5.74) is 0.159. The maximum Gasteiger partial charge on any atom is 0.325 e. The summed E-state index contributed by atoms with van der Waals surface area (Å²) in [5.74, 6) is -1.85. The maximum atomic E-state index is 13.4. The second kappa shape index (κ2) is 7.63. The fourth-order valence-electron chi connectivity index (χ4n) is 1.65. The second-order valence-corrected chi connectivity index (χ2v) is 5.19. The molecule has 2 N–H and O–H groups in total. The Balaban J connectivity index is 1.94. The first-order valence-corrected chi connectivity index (χ1v) is 7.49. The molecule has 0 atom stereocenters. The highest BCUT2D eigenvalue weighted by Gasteiger charge is 2.12. The number of urea groups is 1. The van der Waals surface area contributed by atoms with E-state index in [9.17, 15) is 18.4 Å². The molecule has 2 amide bonds. The summed E-state index contributed by atoms with van der Waals surface area (Å²) < 4.78 is 31.2. The molecule has 1 aromatic carbocycles. The monoisotopic (exact) mass is 341 g/mol. The average Bonchev–Trinajstić information content (AvgIpc) is 2.90. The molecule has 9 heteroatoms. The highest BCUT2D eigenvalue weighted by atomic mass is 32.1. The lowest BCUT2D eigenvalue weighted by Crippen LogP contribution is -2.20. The molecule has 0 aliphatic heterocycles. The van der Waals surface area contributed by atoms with Crippen molar-refractivity contribution in [3.05, 3.63) is 40.9 Å². The molecule has 6 nitrogen and oxygen atoms in total. The van der Waals surface area contributed by atoms with Crippen LogP contribution in [0.5, 0.6) is 0 Å². The van der Waals surface area contributed by atoms with E-state index in [-0.39, 0.29) is 23.8 Å². The van der Waals surface area contributed by atoms with Crippen molar-refractivity contribution in [1.29, 1.82) is 0 Å². The van der Waals surface area contributed by atoms with E-state index in [4.69, 9.17) is 4.74 Å². The van der Waals surface area contributed by atoms with E-state index < -0.39 is 23.6 Å². The zero-order valence-electron chi connectivity index (χ0n) is 12.1. The number of hydrogen-bond donors (Lipinski definition) is 2. The quantitative estimate of drug-likeness (QED) is 0.819. The van der Waals surface area contributed by atoms with E-state index in [1.807, 2.05) is 0 Å². The fraction of sp³-hybridized carbons (Fsp3) is 0.214. The third-order valence-corrected chi connectivity index (χ3v) is 3.39. The molecule has 2 aromatic rings. The minimum absolute atomic E-state index is 0.00777. The molecule has 0 aliphatic rings. The van der Waals surface area contributed by atoms with Crippen molar-refractivity contribution in [2.75, 3.05) is 17.2 Å². The number of amides is 2. The molecule has 0 bridgehead atoms. The number of carbonyl (C=O) groups is 2. The van der Waals surface area contributed by atoms with E-state index in [1.165, 1.54) is 0 Å². The molecule has 0 fully saturated rings. The summed E-state index contributed by atoms with van der Waals surface area (Å²) in [6.07, 6.45) is -0.00777. The molecule has 0 aliphatic carbocycles. The zero-order valence-corrected chi connectivity index (χ0v) is 12.9. The number of aromatic nitrogens is 1. The Labute approximate surface area is 134 Å². The predicted octanol–water partition coefficient (Wildman–Crippen LogP) is 3.17. The number of anilines is 2. The Morgan fingerprint density at radius 3 is 2.83 bits per heavy atom. The van der Waals surface area contributed by atoms with Crippen LogP contribution in [0.1, 0.15) is 12.6 Å². The van der Waals surface area contributed by atoms with Gasteiger partial charge in [0.05, 0.1) is 24.4 Å². The van der Waals surface area contributed by atoms with Gasteiger partial charge in [0.15, 0.2) is 5.13 Å². The zero-order chi connectivity index (χ0) is 16.8. The van der Waals surface area contributed by atoms with Crippen LogP contribution in [0, 0.1) is 11.6 Å². The predicted molar refractivity (Wildman–Crippen MR) is 81.5 cm³/mol. The van der Waals surface area contributed by atoms with E-state index in [1.54, 1.807) is 12.3 Å². The Morgan fingerprint density at radius 1 is 1.30 bits per heavy atom. The molecule has 0 radical (unpaired) electrons. The van der Waals surface area contributed by atoms with Crippen molar-refractivity contribution in [3.8, 4) is 0 Å². The number of ether oxygens (including phenoxy) is 1. The summed E-state index contributed by atoms with van der Waals surface area (Å²) >= 11 is 1.10. The molecule has 0 saturated heterocycles. The van der Waals surface area contributed by atoms with Crippen LogP contribution in [0.3, 0.4) is 0 Å². The summed E-state index contributed by atoms with van der Waals surface area (Å²) in [6, 6.07) is 1.95. The van der Waals surface area contributed by atoms with Crippen molar-refractivity contribution in [2.45, 2.75) is 13.3 Å². The van der Waals surface area contributed by atoms with Gasteiger partial charge in [-0.1, -0.05) is 0 Å². The summed E-state index contributed by atoms with van der Waals surface area (Å²) in [5, 5.41) is 6.37.